The van der Waals surface area contributed by atoms with Crippen LogP contribution in [0.4, 0.5) is 4.39 Å². The first-order chi connectivity index (χ1) is 11.1. The van der Waals surface area contributed by atoms with Gasteiger partial charge < -0.3 is 5.11 Å². The third-order valence-corrected chi connectivity index (χ3v) is 5.43. The molecule has 0 bridgehead atoms. The van der Waals surface area contributed by atoms with Crippen LogP contribution in [0.1, 0.15) is 40.6 Å². The molecule has 0 aliphatic carbocycles. The number of carboxylic acids is 1. The van der Waals surface area contributed by atoms with E-state index < -0.39 is 12.0 Å². The first kappa shape index (κ1) is 16.1. The quantitative estimate of drug-likeness (QED) is 0.910. The highest BCUT2D eigenvalue weighted by Crippen LogP contribution is 2.37. The number of hydrogen-bond donors (Lipinski definition) is 1. The average Bonchev–Trinajstić information content (AvgIpc) is 2.96. The lowest BCUT2D eigenvalue weighted by molar-refractivity contribution is -0.145. The van der Waals surface area contributed by atoms with Gasteiger partial charge in [0.1, 0.15) is 11.9 Å². The van der Waals surface area contributed by atoms with Gasteiger partial charge in [-0.15, -0.1) is 11.3 Å². The Morgan fingerprint density at radius 2 is 2.00 bits per heavy atom. The molecule has 2 heterocycles. The lowest BCUT2D eigenvalue weighted by atomic mass is 9.95. The van der Waals surface area contributed by atoms with Crippen molar-refractivity contribution in [3.8, 4) is 0 Å². The molecule has 1 aliphatic rings. The van der Waals surface area contributed by atoms with Crippen molar-refractivity contribution >= 4 is 17.3 Å². The lowest BCUT2D eigenvalue weighted by Crippen LogP contribution is -2.46. The van der Waals surface area contributed by atoms with Crippen molar-refractivity contribution in [1.82, 2.24) is 4.90 Å². The normalized spacial score (nSPS) is 20.3. The van der Waals surface area contributed by atoms with Crippen LogP contribution in [0.15, 0.2) is 36.4 Å². The zero-order valence-electron chi connectivity index (χ0n) is 13.0. The fourth-order valence-electron chi connectivity index (χ4n) is 3.29. The molecule has 0 saturated carbocycles. The summed E-state index contributed by atoms with van der Waals surface area (Å²) in [4.78, 5) is 16.1. The maximum Gasteiger partial charge on any atom is 0.320 e. The number of thiophene rings is 1. The Kier molecular flexibility index (Phi) is 4.78. The second kappa shape index (κ2) is 6.81. The number of aliphatic carboxylic acids is 1. The van der Waals surface area contributed by atoms with Crippen LogP contribution in [-0.4, -0.2) is 28.6 Å². The fraction of sp³-hybridized carbons (Fsp3) is 0.389. The van der Waals surface area contributed by atoms with E-state index in [1.54, 1.807) is 23.5 Å². The molecule has 23 heavy (non-hydrogen) atoms. The molecule has 1 aromatic heterocycles. The minimum atomic E-state index is -0.773. The number of carbonyl (C=O) groups is 1. The molecule has 0 radical (unpaired) electrons. The number of aryl methyl sites for hydroxylation is 1. The molecule has 1 fully saturated rings. The Balaban J connectivity index is 2.03. The Bertz CT molecular complexity index is 683. The van der Waals surface area contributed by atoms with E-state index in [1.165, 1.54) is 17.0 Å². The summed E-state index contributed by atoms with van der Waals surface area (Å²) in [6.45, 7) is 2.79. The molecule has 122 valence electrons. The number of piperidine rings is 1. The topological polar surface area (TPSA) is 40.5 Å². The van der Waals surface area contributed by atoms with Gasteiger partial charge in [0.15, 0.2) is 0 Å². The van der Waals surface area contributed by atoms with Crippen LogP contribution >= 0.6 is 11.3 Å². The molecule has 0 amide bonds. The summed E-state index contributed by atoms with van der Waals surface area (Å²) in [7, 11) is 0. The van der Waals surface area contributed by atoms with Crippen molar-refractivity contribution < 1.29 is 14.3 Å². The van der Waals surface area contributed by atoms with E-state index in [4.69, 9.17) is 0 Å². The number of halogens is 1. The van der Waals surface area contributed by atoms with Gasteiger partial charge in [0.25, 0.3) is 0 Å². The van der Waals surface area contributed by atoms with E-state index in [9.17, 15) is 14.3 Å². The number of carboxylic acid groups (broad SMARTS) is 1. The van der Waals surface area contributed by atoms with E-state index in [2.05, 4.69) is 17.0 Å². The van der Waals surface area contributed by atoms with E-state index in [1.807, 2.05) is 6.92 Å². The lowest BCUT2D eigenvalue weighted by Gasteiger charge is -2.39. The highest BCUT2D eigenvalue weighted by atomic mass is 32.1. The predicted octanol–water partition coefficient (Wildman–Crippen LogP) is 4.22. The molecule has 0 spiro atoms. The number of benzene rings is 1. The first-order valence-corrected chi connectivity index (χ1v) is 8.68. The van der Waals surface area contributed by atoms with E-state index in [0.717, 1.165) is 29.8 Å². The zero-order valence-corrected chi connectivity index (χ0v) is 13.9. The number of hydrogen-bond acceptors (Lipinski definition) is 3. The van der Waals surface area contributed by atoms with Crippen molar-refractivity contribution in [3.63, 3.8) is 0 Å². The van der Waals surface area contributed by atoms with Gasteiger partial charge in [0.2, 0.25) is 0 Å². The third-order valence-electron chi connectivity index (χ3n) is 4.38. The number of likely N-dealkylation sites (tertiary alicyclic amines) is 1. The van der Waals surface area contributed by atoms with Crippen LogP contribution in [0.2, 0.25) is 0 Å². The van der Waals surface area contributed by atoms with Crippen molar-refractivity contribution in [3.05, 3.63) is 57.5 Å². The maximum absolute atomic E-state index is 13.3. The minimum Gasteiger partial charge on any atom is -0.480 e. The van der Waals surface area contributed by atoms with Gasteiger partial charge in [0, 0.05) is 9.75 Å². The molecule has 2 atom stereocenters. The van der Waals surface area contributed by atoms with Crippen LogP contribution in [0.3, 0.4) is 0 Å². The summed E-state index contributed by atoms with van der Waals surface area (Å²) in [6.07, 6.45) is 2.59. The van der Waals surface area contributed by atoms with Gasteiger partial charge in [-0.3, -0.25) is 9.69 Å². The van der Waals surface area contributed by atoms with Gasteiger partial charge >= 0.3 is 5.97 Å². The molecule has 2 aromatic rings. The van der Waals surface area contributed by atoms with Crippen molar-refractivity contribution in [2.45, 2.75) is 38.3 Å². The van der Waals surface area contributed by atoms with Gasteiger partial charge in [-0.25, -0.2) is 4.39 Å². The second-order valence-electron chi connectivity index (χ2n) is 5.99. The molecule has 5 heteroatoms. The summed E-state index contributed by atoms with van der Waals surface area (Å²) < 4.78 is 13.3. The summed E-state index contributed by atoms with van der Waals surface area (Å²) in [5.74, 6) is -1.05. The predicted molar refractivity (Wildman–Crippen MR) is 89.3 cm³/mol. The van der Waals surface area contributed by atoms with E-state index >= 15 is 0 Å². The third kappa shape index (κ3) is 3.46. The molecular formula is C18H20FNO2S. The van der Waals surface area contributed by atoms with E-state index in [-0.39, 0.29) is 11.9 Å². The summed E-state index contributed by atoms with van der Waals surface area (Å²) in [6, 6.07) is 9.92. The standard InChI is InChI=1S/C18H20FNO2S/c1-12-5-10-16(23-12)17(13-6-8-14(19)9-7-13)20-11-3-2-4-15(20)18(21)22/h5-10,15,17H,2-4,11H2,1H3,(H,21,22). The summed E-state index contributed by atoms with van der Waals surface area (Å²) in [5, 5.41) is 9.60. The van der Waals surface area contributed by atoms with Gasteiger partial charge in [-0.2, -0.15) is 0 Å². The number of rotatable bonds is 4. The summed E-state index contributed by atoms with van der Waals surface area (Å²) >= 11 is 1.67. The van der Waals surface area contributed by atoms with Crippen molar-refractivity contribution in [1.29, 1.82) is 0 Å². The highest BCUT2D eigenvalue weighted by molar-refractivity contribution is 7.12. The van der Waals surface area contributed by atoms with Gasteiger partial charge in [-0.05, 0) is 56.1 Å². The fourth-order valence-corrected chi connectivity index (χ4v) is 4.32. The minimum absolute atomic E-state index is 0.129. The molecule has 3 rings (SSSR count). The van der Waals surface area contributed by atoms with Crippen molar-refractivity contribution in [2.75, 3.05) is 6.54 Å². The Labute approximate surface area is 139 Å². The SMILES string of the molecule is Cc1ccc(C(c2ccc(F)cc2)N2CCCCC2C(=O)O)s1. The van der Waals surface area contributed by atoms with Crippen LogP contribution in [0, 0.1) is 12.7 Å². The smallest absolute Gasteiger partial charge is 0.320 e. The number of nitrogens with zero attached hydrogens (tertiary/aromatic N) is 1. The maximum atomic E-state index is 13.3. The summed E-state index contributed by atoms with van der Waals surface area (Å²) in [5.41, 5.74) is 0.946. The highest BCUT2D eigenvalue weighted by Gasteiger charge is 2.35. The monoisotopic (exact) mass is 333 g/mol. The van der Waals surface area contributed by atoms with Crippen molar-refractivity contribution in [2.24, 2.45) is 0 Å². The molecule has 1 saturated heterocycles. The molecule has 2 unspecified atom stereocenters. The molecule has 1 aliphatic heterocycles. The van der Waals surface area contributed by atoms with Gasteiger partial charge in [-0.1, -0.05) is 18.6 Å². The van der Waals surface area contributed by atoms with Gasteiger partial charge in [0.05, 0.1) is 6.04 Å². The Morgan fingerprint density at radius 1 is 1.26 bits per heavy atom. The average molecular weight is 333 g/mol. The van der Waals surface area contributed by atoms with E-state index in [0.29, 0.717) is 6.42 Å². The zero-order chi connectivity index (χ0) is 16.4. The Morgan fingerprint density at radius 3 is 2.61 bits per heavy atom. The molecule has 1 N–H and O–H groups in total. The van der Waals surface area contributed by atoms with Crippen LogP contribution in [0.25, 0.3) is 0 Å². The first-order valence-electron chi connectivity index (χ1n) is 7.86. The van der Waals surface area contributed by atoms with Crippen LogP contribution in [-0.2, 0) is 4.79 Å². The molecular weight excluding hydrogens is 313 g/mol. The largest absolute Gasteiger partial charge is 0.480 e. The Hall–Kier alpha value is -1.72. The van der Waals surface area contributed by atoms with Crippen LogP contribution in [0.5, 0.6) is 0 Å². The molecule has 1 aromatic carbocycles. The second-order valence-corrected chi connectivity index (χ2v) is 7.31. The van der Waals surface area contributed by atoms with Crippen LogP contribution < -0.4 is 0 Å². The molecule has 3 nitrogen and oxygen atoms in total.